The molecule has 1 saturated heterocycles. The zero-order chi connectivity index (χ0) is 27.2. The number of nitrogens with two attached hydrogens (primary N) is 1. The van der Waals surface area contributed by atoms with Crippen molar-refractivity contribution in [3.8, 4) is 11.1 Å². The second-order valence-corrected chi connectivity index (χ2v) is 10.7. The van der Waals surface area contributed by atoms with Gasteiger partial charge in [-0.25, -0.2) is 14.2 Å². The molecule has 0 radical (unpaired) electrons. The third-order valence-corrected chi connectivity index (χ3v) is 6.69. The first-order valence-corrected chi connectivity index (χ1v) is 12.6. The molecule has 1 fully saturated rings. The van der Waals surface area contributed by atoms with Gasteiger partial charge in [-0.3, -0.25) is 9.36 Å². The first-order valence-electron chi connectivity index (χ1n) is 12.6. The lowest BCUT2D eigenvalue weighted by atomic mass is 9.97. The number of hydrogen-bond donors (Lipinski definition) is 2. The summed E-state index contributed by atoms with van der Waals surface area (Å²) in [5.41, 5.74) is 6.78. The Morgan fingerprint density at radius 3 is 2.74 bits per heavy atom. The van der Waals surface area contributed by atoms with Crippen LogP contribution in [0.15, 0.2) is 47.4 Å². The summed E-state index contributed by atoms with van der Waals surface area (Å²) in [6.45, 7) is 6.64. The molecule has 1 amide bonds. The van der Waals surface area contributed by atoms with Crippen molar-refractivity contribution in [2.45, 2.75) is 45.3 Å². The van der Waals surface area contributed by atoms with E-state index in [1.807, 2.05) is 26.8 Å². The van der Waals surface area contributed by atoms with Crippen LogP contribution < -0.4 is 16.6 Å². The lowest BCUT2D eigenvalue weighted by Gasteiger charge is -2.34. The first kappa shape index (κ1) is 25.4. The SMILES string of the molecule is Cn1c(=O)c(-c2cccc3c(N)c(F)ccc23)cc2cnc(NC3CCCN(C(=O)OC(C)(C)C)C3)nc21. The highest BCUT2D eigenvalue weighted by Crippen LogP contribution is 2.32. The quantitative estimate of drug-likeness (QED) is 0.378. The van der Waals surface area contributed by atoms with Gasteiger partial charge in [0.05, 0.1) is 5.69 Å². The Bertz CT molecular complexity index is 1610. The third kappa shape index (κ3) is 4.85. The van der Waals surface area contributed by atoms with Crippen LogP contribution in [0.25, 0.3) is 32.9 Å². The van der Waals surface area contributed by atoms with E-state index < -0.39 is 11.4 Å². The number of carbonyl (C=O) groups is 1. The van der Waals surface area contributed by atoms with E-state index in [4.69, 9.17) is 10.5 Å². The molecule has 38 heavy (non-hydrogen) atoms. The van der Waals surface area contributed by atoms with E-state index in [9.17, 15) is 14.0 Å². The third-order valence-electron chi connectivity index (χ3n) is 6.69. The second kappa shape index (κ2) is 9.59. The van der Waals surface area contributed by atoms with E-state index in [1.165, 1.54) is 10.6 Å². The molecule has 3 heterocycles. The van der Waals surface area contributed by atoms with Gasteiger partial charge in [-0.05, 0) is 56.7 Å². The normalized spacial score (nSPS) is 16.1. The van der Waals surface area contributed by atoms with Crippen LogP contribution >= 0.6 is 0 Å². The summed E-state index contributed by atoms with van der Waals surface area (Å²) >= 11 is 0. The number of halogens is 1. The monoisotopic (exact) mass is 518 g/mol. The number of aromatic nitrogens is 3. The zero-order valence-corrected chi connectivity index (χ0v) is 21.9. The van der Waals surface area contributed by atoms with Gasteiger partial charge in [-0.2, -0.15) is 4.98 Å². The topological polar surface area (TPSA) is 115 Å². The van der Waals surface area contributed by atoms with Crippen LogP contribution in [0, 0.1) is 5.82 Å². The number of ether oxygens (including phenoxy) is 1. The number of carbonyl (C=O) groups excluding carboxylic acids is 1. The van der Waals surface area contributed by atoms with Crippen molar-refractivity contribution in [2.75, 3.05) is 24.1 Å². The lowest BCUT2D eigenvalue weighted by molar-refractivity contribution is 0.0206. The number of fused-ring (bicyclic) bond motifs is 2. The van der Waals surface area contributed by atoms with Crippen LogP contribution in [-0.2, 0) is 11.8 Å². The number of likely N-dealkylation sites (tertiary alicyclic amines) is 1. The van der Waals surface area contributed by atoms with Crippen LogP contribution in [0.5, 0.6) is 0 Å². The Balaban J connectivity index is 1.44. The van der Waals surface area contributed by atoms with Crippen LogP contribution in [0.3, 0.4) is 0 Å². The van der Waals surface area contributed by atoms with Crippen molar-refractivity contribution in [3.63, 3.8) is 0 Å². The van der Waals surface area contributed by atoms with Crippen LogP contribution in [0.4, 0.5) is 20.8 Å². The van der Waals surface area contributed by atoms with Crippen LogP contribution in [-0.4, -0.2) is 50.3 Å². The molecule has 1 atom stereocenters. The van der Waals surface area contributed by atoms with Crippen LogP contribution in [0.1, 0.15) is 33.6 Å². The largest absolute Gasteiger partial charge is 0.444 e. The van der Waals surface area contributed by atoms with E-state index >= 15 is 0 Å². The summed E-state index contributed by atoms with van der Waals surface area (Å²) in [5, 5.41) is 5.23. The summed E-state index contributed by atoms with van der Waals surface area (Å²) in [6, 6.07) is 9.95. The Morgan fingerprint density at radius 1 is 1.18 bits per heavy atom. The molecule has 0 aliphatic carbocycles. The highest BCUT2D eigenvalue weighted by atomic mass is 19.1. The minimum absolute atomic E-state index is 0.0495. The average Bonchev–Trinajstić information content (AvgIpc) is 2.87. The standard InChI is InChI=1S/C28H31FN6O3/c1-28(2,3)38-27(37)35-12-6-7-17(15-35)32-26-31-14-16-13-21(25(36)34(4)24(16)33-26)18-8-5-9-20-19(18)10-11-22(29)23(20)30/h5,8-11,13-14,17H,6-7,12,15,30H2,1-4H3,(H,31,32,33). The Kier molecular flexibility index (Phi) is 6.42. The summed E-state index contributed by atoms with van der Waals surface area (Å²) < 4.78 is 21.0. The van der Waals surface area contributed by atoms with Crippen molar-refractivity contribution in [3.05, 3.63) is 58.8 Å². The fourth-order valence-corrected chi connectivity index (χ4v) is 4.87. The van der Waals surface area contributed by atoms with Crippen molar-refractivity contribution < 1.29 is 13.9 Å². The molecule has 0 spiro atoms. The van der Waals surface area contributed by atoms with Crippen LogP contribution in [0.2, 0.25) is 0 Å². The van der Waals surface area contributed by atoms with E-state index in [-0.39, 0.29) is 23.4 Å². The number of anilines is 2. The minimum atomic E-state index is -0.558. The lowest BCUT2D eigenvalue weighted by Crippen LogP contribution is -2.47. The van der Waals surface area contributed by atoms with Crippen molar-refractivity contribution in [1.82, 2.24) is 19.4 Å². The summed E-state index contributed by atoms with van der Waals surface area (Å²) in [4.78, 5) is 36.7. The van der Waals surface area contributed by atoms with Gasteiger partial charge < -0.3 is 20.7 Å². The Morgan fingerprint density at radius 2 is 1.97 bits per heavy atom. The molecule has 10 heteroatoms. The van der Waals surface area contributed by atoms with Crippen molar-refractivity contribution >= 4 is 39.5 Å². The highest BCUT2D eigenvalue weighted by Gasteiger charge is 2.28. The maximum absolute atomic E-state index is 14.0. The van der Waals surface area contributed by atoms with Crippen molar-refractivity contribution in [2.24, 2.45) is 7.05 Å². The molecular formula is C28H31FN6O3. The fraction of sp³-hybridized carbons (Fsp3) is 0.357. The minimum Gasteiger partial charge on any atom is -0.444 e. The highest BCUT2D eigenvalue weighted by molar-refractivity contribution is 6.03. The number of rotatable bonds is 3. The number of pyridine rings is 1. The molecule has 3 N–H and O–H groups in total. The van der Waals surface area contributed by atoms with Gasteiger partial charge in [0.15, 0.2) is 0 Å². The zero-order valence-electron chi connectivity index (χ0n) is 21.9. The second-order valence-electron chi connectivity index (χ2n) is 10.7. The molecule has 4 aromatic rings. The number of benzene rings is 2. The van der Waals surface area contributed by atoms with Gasteiger partial charge >= 0.3 is 6.09 Å². The number of nitrogen functional groups attached to an aromatic ring is 1. The number of hydrogen-bond acceptors (Lipinski definition) is 7. The molecule has 5 rings (SSSR count). The number of nitrogens with one attached hydrogen (secondary N) is 1. The van der Waals surface area contributed by atoms with Gasteiger partial charge in [0.2, 0.25) is 5.95 Å². The molecule has 198 valence electrons. The Hall–Kier alpha value is -4.21. The molecule has 0 bridgehead atoms. The summed E-state index contributed by atoms with van der Waals surface area (Å²) in [7, 11) is 1.66. The smallest absolute Gasteiger partial charge is 0.410 e. The molecule has 2 aromatic carbocycles. The fourth-order valence-electron chi connectivity index (χ4n) is 4.87. The summed E-state index contributed by atoms with van der Waals surface area (Å²) in [5.74, 6) is -0.119. The molecule has 9 nitrogen and oxygen atoms in total. The van der Waals surface area contributed by atoms with E-state index in [1.54, 1.807) is 42.4 Å². The predicted octanol–water partition coefficient (Wildman–Crippen LogP) is 4.68. The van der Waals surface area contributed by atoms with Crippen molar-refractivity contribution in [1.29, 1.82) is 0 Å². The van der Waals surface area contributed by atoms with Gasteiger partial charge in [0, 0.05) is 48.7 Å². The number of amides is 1. The maximum Gasteiger partial charge on any atom is 0.410 e. The van der Waals surface area contributed by atoms with E-state index in [0.29, 0.717) is 52.0 Å². The van der Waals surface area contributed by atoms with Gasteiger partial charge in [-0.1, -0.05) is 24.3 Å². The maximum atomic E-state index is 14.0. The molecule has 1 aliphatic rings. The van der Waals surface area contributed by atoms with Gasteiger partial charge in [0.25, 0.3) is 5.56 Å². The number of nitrogens with zero attached hydrogens (tertiary/aromatic N) is 4. The predicted molar refractivity (Wildman–Crippen MR) is 147 cm³/mol. The molecular weight excluding hydrogens is 487 g/mol. The van der Waals surface area contributed by atoms with E-state index in [2.05, 4.69) is 15.3 Å². The molecule has 0 saturated carbocycles. The molecule has 2 aromatic heterocycles. The van der Waals surface area contributed by atoms with E-state index in [0.717, 1.165) is 12.8 Å². The van der Waals surface area contributed by atoms with Gasteiger partial charge in [0.1, 0.15) is 17.1 Å². The molecule has 1 unspecified atom stereocenters. The Labute approximate surface area is 219 Å². The van der Waals surface area contributed by atoms with Gasteiger partial charge in [-0.15, -0.1) is 0 Å². The number of aryl methyl sites for hydroxylation is 1. The first-order chi connectivity index (χ1) is 18.0. The number of piperidine rings is 1. The summed E-state index contributed by atoms with van der Waals surface area (Å²) in [6.07, 6.45) is 3.01. The average molecular weight is 519 g/mol. The molecule has 1 aliphatic heterocycles.